The highest BCUT2D eigenvalue weighted by Crippen LogP contribution is 2.46. The maximum atomic E-state index is 13.9. The van der Waals surface area contributed by atoms with Crippen molar-refractivity contribution in [1.29, 1.82) is 0 Å². The molecule has 2 N–H and O–H groups in total. The third-order valence-corrected chi connectivity index (χ3v) is 9.62. The number of carbonyl (C=O) groups excluding carboxylic acids is 1. The quantitative estimate of drug-likeness (QED) is 0.446. The predicted octanol–water partition coefficient (Wildman–Crippen LogP) is 3.96. The van der Waals surface area contributed by atoms with Crippen molar-refractivity contribution in [2.24, 2.45) is 0 Å². The molecule has 4 heterocycles. The lowest BCUT2D eigenvalue weighted by Crippen LogP contribution is -2.48. The minimum absolute atomic E-state index is 0.0292. The van der Waals surface area contributed by atoms with Crippen LogP contribution >= 0.6 is 11.6 Å². The summed E-state index contributed by atoms with van der Waals surface area (Å²) in [5.41, 5.74) is 0.131. The zero-order valence-electron chi connectivity index (χ0n) is 21.5. The first-order valence-electron chi connectivity index (χ1n) is 12.9. The van der Waals surface area contributed by atoms with Crippen molar-refractivity contribution in [3.8, 4) is 5.75 Å². The van der Waals surface area contributed by atoms with Gasteiger partial charge in [-0.15, -0.1) is 0 Å². The molecule has 2 aromatic carbocycles. The molecule has 6 rings (SSSR count). The number of likely N-dealkylation sites (tertiary alicyclic amines) is 1. The minimum Gasteiger partial charge on any atom is -0.492 e. The van der Waals surface area contributed by atoms with Crippen LogP contribution in [0.2, 0.25) is 5.02 Å². The van der Waals surface area contributed by atoms with E-state index in [4.69, 9.17) is 16.3 Å². The van der Waals surface area contributed by atoms with Gasteiger partial charge in [-0.25, -0.2) is 17.7 Å². The van der Waals surface area contributed by atoms with Gasteiger partial charge in [0.2, 0.25) is 15.9 Å². The Morgan fingerprint density at radius 1 is 1.18 bits per heavy atom. The van der Waals surface area contributed by atoms with Gasteiger partial charge in [0.1, 0.15) is 23.7 Å². The molecule has 0 radical (unpaired) electrons. The Kier molecular flexibility index (Phi) is 6.56. The zero-order valence-corrected chi connectivity index (χ0v) is 23.1. The van der Waals surface area contributed by atoms with Gasteiger partial charge in [0.05, 0.1) is 22.8 Å². The average Bonchev–Trinajstić information content (AvgIpc) is 3.36. The molecule has 14 heteroatoms. The second-order valence-electron chi connectivity index (χ2n) is 10.7. The summed E-state index contributed by atoms with van der Waals surface area (Å²) in [5, 5.41) is 3.53. The largest absolute Gasteiger partial charge is 0.492 e. The Morgan fingerprint density at radius 2 is 1.90 bits per heavy atom. The number of ether oxygens (including phenoxy) is 1. The summed E-state index contributed by atoms with van der Waals surface area (Å²) < 4.78 is 72.0. The first-order valence-corrected chi connectivity index (χ1v) is 15.1. The van der Waals surface area contributed by atoms with Crippen LogP contribution in [-0.2, 0) is 26.4 Å². The number of alkyl halides is 3. The highest BCUT2D eigenvalue weighted by molar-refractivity contribution is 7.88. The van der Waals surface area contributed by atoms with E-state index < -0.39 is 27.2 Å². The lowest BCUT2D eigenvalue weighted by Gasteiger charge is -2.38. The van der Waals surface area contributed by atoms with Crippen LogP contribution in [0.15, 0.2) is 30.3 Å². The fraction of sp³-hybridized carbons (Fsp3) is 0.462. The summed E-state index contributed by atoms with van der Waals surface area (Å²) >= 11 is 6.19. The first-order chi connectivity index (χ1) is 18.8. The topological polar surface area (TPSA) is 108 Å². The number of imidazole rings is 1. The summed E-state index contributed by atoms with van der Waals surface area (Å²) in [6.45, 7) is 2.24. The van der Waals surface area contributed by atoms with E-state index in [1.54, 1.807) is 6.07 Å². The molecule has 1 aromatic heterocycles. The number of fused-ring (bicyclic) bond motifs is 3. The number of hydrogen-bond donors (Lipinski definition) is 2. The van der Waals surface area contributed by atoms with E-state index in [2.05, 4.69) is 20.2 Å². The molecule has 40 heavy (non-hydrogen) atoms. The Balaban J connectivity index is 1.12. The van der Waals surface area contributed by atoms with Crippen LogP contribution in [0.1, 0.15) is 35.7 Å². The highest BCUT2D eigenvalue weighted by Gasteiger charge is 2.48. The second kappa shape index (κ2) is 9.61. The number of H-pyrrole nitrogens is 1. The van der Waals surface area contributed by atoms with Gasteiger partial charge >= 0.3 is 6.18 Å². The van der Waals surface area contributed by atoms with E-state index in [-0.39, 0.29) is 48.3 Å². The second-order valence-corrected chi connectivity index (χ2v) is 13.1. The molecule has 214 valence electrons. The fourth-order valence-corrected chi connectivity index (χ4v) is 6.89. The van der Waals surface area contributed by atoms with Crippen molar-refractivity contribution in [2.75, 3.05) is 50.9 Å². The lowest BCUT2D eigenvalue weighted by molar-refractivity contribution is -0.136. The summed E-state index contributed by atoms with van der Waals surface area (Å²) in [4.78, 5) is 22.1. The minimum atomic E-state index is -4.65. The number of aromatic nitrogens is 2. The number of carbonyl (C=O) groups is 1. The van der Waals surface area contributed by atoms with Crippen LogP contribution in [0.4, 0.5) is 18.9 Å². The van der Waals surface area contributed by atoms with Gasteiger partial charge in [0.25, 0.3) is 0 Å². The molecule has 0 bridgehead atoms. The fourth-order valence-electron chi connectivity index (χ4n) is 5.82. The van der Waals surface area contributed by atoms with Crippen LogP contribution < -0.4 is 10.1 Å². The molecule has 0 unspecified atom stereocenters. The summed E-state index contributed by atoms with van der Waals surface area (Å²) in [5.74, 6) is 0.0469. The smallest absolute Gasteiger partial charge is 0.418 e. The van der Waals surface area contributed by atoms with E-state index in [1.165, 1.54) is 10.4 Å². The Hall–Kier alpha value is -2.87. The maximum absolute atomic E-state index is 13.9. The molecule has 9 nitrogen and oxygen atoms in total. The number of hydrogen-bond acceptors (Lipinski definition) is 6. The number of rotatable bonds is 6. The number of nitrogens with one attached hydrogen (secondary N) is 2. The Morgan fingerprint density at radius 3 is 2.58 bits per heavy atom. The Labute approximate surface area is 233 Å². The highest BCUT2D eigenvalue weighted by atomic mass is 35.5. The molecule has 2 saturated heterocycles. The molecule has 0 saturated carbocycles. The standard InChI is InChI=1S/C26H27ClF3N5O4S/c1-40(37,38)35-13-15(14-35)23-31-21-12-17(11-19(22(21)33-23)26(28,29)30)39-9-8-34-6-4-25(5-7-34)18-10-16(27)2-3-20(18)32-24(25)36/h2-3,10-12,15H,4-9,13-14H2,1H3,(H,31,33)(H,32,36). The van der Waals surface area contributed by atoms with Gasteiger partial charge in [-0.2, -0.15) is 13.2 Å². The average molecular weight is 598 g/mol. The van der Waals surface area contributed by atoms with Crippen LogP contribution in [0, 0.1) is 0 Å². The van der Waals surface area contributed by atoms with Crippen LogP contribution in [0.3, 0.4) is 0 Å². The molecular formula is C26H27ClF3N5O4S. The number of halogens is 4. The number of nitrogens with zero attached hydrogens (tertiary/aromatic N) is 3. The zero-order chi connectivity index (χ0) is 28.4. The lowest BCUT2D eigenvalue weighted by atomic mass is 9.73. The monoisotopic (exact) mass is 597 g/mol. The van der Waals surface area contributed by atoms with E-state index in [1.807, 2.05) is 12.1 Å². The van der Waals surface area contributed by atoms with Crippen molar-refractivity contribution >= 4 is 44.3 Å². The van der Waals surface area contributed by atoms with Gasteiger partial charge in [-0.1, -0.05) is 11.6 Å². The van der Waals surface area contributed by atoms with E-state index in [0.29, 0.717) is 43.3 Å². The molecule has 3 aromatic rings. The summed E-state index contributed by atoms with van der Waals surface area (Å²) in [6, 6.07) is 7.84. The molecule has 0 aliphatic carbocycles. The van der Waals surface area contributed by atoms with E-state index in [0.717, 1.165) is 23.6 Å². The number of anilines is 1. The predicted molar refractivity (Wildman–Crippen MR) is 143 cm³/mol. The number of sulfonamides is 1. The van der Waals surface area contributed by atoms with Crippen LogP contribution in [0.5, 0.6) is 5.75 Å². The molecular weight excluding hydrogens is 571 g/mol. The van der Waals surface area contributed by atoms with Crippen LogP contribution in [0.25, 0.3) is 11.0 Å². The number of benzene rings is 2. The third kappa shape index (κ3) is 4.82. The molecule has 3 aliphatic rings. The number of amides is 1. The molecule has 2 fully saturated rings. The van der Waals surface area contributed by atoms with E-state index in [9.17, 15) is 26.4 Å². The SMILES string of the molecule is CS(=O)(=O)N1CC(c2nc3c(C(F)(F)F)cc(OCCN4CCC5(CC4)C(=O)Nc4ccc(Cl)cc45)cc3[nH]2)C1. The van der Waals surface area contributed by atoms with Crippen molar-refractivity contribution in [3.05, 3.63) is 52.3 Å². The summed E-state index contributed by atoms with van der Waals surface area (Å²) in [7, 11) is -3.36. The summed E-state index contributed by atoms with van der Waals surface area (Å²) in [6.07, 6.45) is -2.35. The van der Waals surface area contributed by atoms with Crippen molar-refractivity contribution < 1.29 is 31.1 Å². The van der Waals surface area contributed by atoms with Crippen molar-refractivity contribution in [1.82, 2.24) is 19.2 Å². The molecule has 1 spiro atoms. The van der Waals surface area contributed by atoms with Gasteiger partial charge in [0.15, 0.2) is 0 Å². The molecule has 3 aliphatic heterocycles. The number of piperidine rings is 1. The van der Waals surface area contributed by atoms with E-state index >= 15 is 0 Å². The van der Waals surface area contributed by atoms with Gasteiger partial charge in [-0.05, 0) is 55.8 Å². The normalized spacial score (nSPS) is 20.1. The third-order valence-electron chi connectivity index (χ3n) is 8.15. The van der Waals surface area contributed by atoms with Gasteiger partial charge in [0, 0.05) is 42.3 Å². The van der Waals surface area contributed by atoms with Crippen molar-refractivity contribution in [3.63, 3.8) is 0 Å². The first kappa shape index (κ1) is 27.3. The Bertz CT molecular complexity index is 1600. The maximum Gasteiger partial charge on any atom is 0.418 e. The number of aromatic amines is 1. The van der Waals surface area contributed by atoms with Gasteiger partial charge < -0.3 is 15.0 Å². The van der Waals surface area contributed by atoms with Crippen LogP contribution in [-0.4, -0.2) is 79.1 Å². The van der Waals surface area contributed by atoms with Crippen molar-refractivity contribution in [2.45, 2.75) is 30.4 Å². The van der Waals surface area contributed by atoms with Gasteiger partial charge in [-0.3, -0.25) is 9.69 Å². The molecule has 0 atom stereocenters. The molecule has 1 amide bonds.